The summed E-state index contributed by atoms with van der Waals surface area (Å²) in [5.41, 5.74) is 1.93. The minimum absolute atomic E-state index is 0.313. The summed E-state index contributed by atoms with van der Waals surface area (Å²) < 4.78 is 6.49. The first-order valence-corrected chi connectivity index (χ1v) is 4.70. The molecule has 0 saturated heterocycles. The summed E-state index contributed by atoms with van der Waals surface area (Å²) in [6.45, 7) is 2.12. The molecule has 2 rings (SSSR count). The lowest BCUT2D eigenvalue weighted by Gasteiger charge is -2.01. The average molecular weight is 203 g/mol. The van der Waals surface area contributed by atoms with Gasteiger partial charge >= 0.3 is 5.97 Å². The molecule has 0 spiro atoms. The van der Waals surface area contributed by atoms with Gasteiger partial charge in [-0.2, -0.15) is 5.10 Å². The zero-order valence-electron chi connectivity index (χ0n) is 8.60. The van der Waals surface area contributed by atoms with E-state index >= 15 is 0 Å². The number of ether oxygens (including phenoxy) is 1. The Balaban J connectivity index is 2.45. The van der Waals surface area contributed by atoms with Gasteiger partial charge in [0.25, 0.3) is 0 Å². The maximum absolute atomic E-state index is 11.4. The number of carbonyl (C=O) groups excluding carboxylic acids is 1. The number of esters is 1. The summed E-state index contributed by atoms with van der Waals surface area (Å²) >= 11 is 0. The molecule has 0 aliphatic rings. The van der Waals surface area contributed by atoms with Crippen molar-refractivity contribution in [3.8, 4) is 0 Å². The van der Waals surface area contributed by atoms with Crippen LogP contribution in [0.1, 0.15) is 17.4 Å². The summed E-state index contributed by atoms with van der Waals surface area (Å²) in [5, 5.41) is 4.07. The minimum Gasteiger partial charge on any atom is -0.461 e. The average Bonchev–Trinajstić information content (AvgIpc) is 2.60. The van der Waals surface area contributed by atoms with Gasteiger partial charge in [-0.05, 0) is 18.5 Å². The Bertz CT molecular complexity index is 509. The van der Waals surface area contributed by atoms with Crippen LogP contribution in [0.4, 0.5) is 0 Å². The molecular formula is C9H10BN3O2. The fraction of sp³-hybridized carbons (Fsp3) is 0.222. The quantitative estimate of drug-likeness (QED) is 0.471. The summed E-state index contributed by atoms with van der Waals surface area (Å²) in [6.07, 6.45) is 3.40. The van der Waals surface area contributed by atoms with Gasteiger partial charge in [0, 0.05) is 12.4 Å². The SMILES string of the molecule is Bc1cnn2ccc(C(=O)OCC)nc12. The summed E-state index contributed by atoms with van der Waals surface area (Å²) in [5.74, 6) is -0.402. The van der Waals surface area contributed by atoms with Crippen LogP contribution in [-0.2, 0) is 4.74 Å². The van der Waals surface area contributed by atoms with E-state index in [0.717, 1.165) is 5.46 Å². The fourth-order valence-electron chi connectivity index (χ4n) is 1.30. The van der Waals surface area contributed by atoms with Gasteiger partial charge in [0.15, 0.2) is 5.69 Å². The van der Waals surface area contributed by atoms with Crippen LogP contribution in [0.15, 0.2) is 18.5 Å². The van der Waals surface area contributed by atoms with Crippen LogP contribution < -0.4 is 5.46 Å². The molecule has 0 bridgehead atoms. The molecule has 0 aromatic carbocycles. The smallest absolute Gasteiger partial charge is 0.357 e. The number of rotatable bonds is 2. The molecule has 2 heterocycles. The van der Waals surface area contributed by atoms with Gasteiger partial charge in [0.1, 0.15) is 13.5 Å². The Labute approximate surface area is 87.5 Å². The third-order valence-corrected chi connectivity index (χ3v) is 2.03. The maximum atomic E-state index is 11.4. The van der Waals surface area contributed by atoms with Crippen LogP contribution in [0.2, 0.25) is 0 Å². The highest BCUT2D eigenvalue weighted by molar-refractivity contribution is 6.36. The monoisotopic (exact) mass is 203 g/mol. The number of aromatic nitrogens is 3. The molecule has 0 aliphatic carbocycles. The summed E-state index contributed by atoms with van der Waals surface area (Å²) in [6, 6.07) is 1.59. The lowest BCUT2D eigenvalue weighted by atomic mass is 10.0. The number of fused-ring (bicyclic) bond motifs is 1. The third kappa shape index (κ3) is 1.70. The van der Waals surface area contributed by atoms with Crippen LogP contribution in [0, 0.1) is 0 Å². The van der Waals surface area contributed by atoms with E-state index in [2.05, 4.69) is 10.1 Å². The Hall–Kier alpha value is -1.85. The highest BCUT2D eigenvalue weighted by atomic mass is 16.5. The lowest BCUT2D eigenvalue weighted by Crippen LogP contribution is -2.10. The van der Waals surface area contributed by atoms with Crippen molar-refractivity contribution in [1.82, 2.24) is 14.6 Å². The first-order valence-electron chi connectivity index (χ1n) is 4.70. The molecular weight excluding hydrogens is 193 g/mol. The van der Waals surface area contributed by atoms with Crippen molar-refractivity contribution in [2.45, 2.75) is 6.92 Å². The molecule has 15 heavy (non-hydrogen) atoms. The largest absolute Gasteiger partial charge is 0.461 e. The predicted octanol–water partition coefficient (Wildman–Crippen LogP) is -0.836. The van der Waals surface area contributed by atoms with Crippen LogP contribution in [-0.4, -0.2) is 35.0 Å². The van der Waals surface area contributed by atoms with Gasteiger partial charge in [0.2, 0.25) is 0 Å². The van der Waals surface area contributed by atoms with Crippen LogP contribution in [0.3, 0.4) is 0 Å². The molecule has 2 aromatic heterocycles. The molecule has 0 fully saturated rings. The van der Waals surface area contributed by atoms with Crippen molar-refractivity contribution in [3.05, 3.63) is 24.2 Å². The van der Waals surface area contributed by atoms with E-state index in [0.29, 0.717) is 17.9 Å². The van der Waals surface area contributed by atoms with E-state index in [1.54, 1.807) is 29.9 Å². The Morgan fingerprint density at radius 3 is 3.20 bits per heavy atom. The number of nitrogens with zero attached hydrogens (tertiary/aromatic N) is 3. The van der Waals surface area contributed by atoms with Crippen molar-refractivity contribution >= 4 is 24.9 Å². The number of hydrogen-bond donors (Lipinski definition) is 0. The van der Waals surface area contributed by atoms with Crippen LogP contribution in [0.25, 0.3) is 5.65 Å². The van der Waals surface area contributed by atoms with Gasteiger partial charge in [-0.1, -0.05) is 0 Å². The van der Waals surface area contributed by atoms with E-state index in [1.165, 1.54) is 0 Å². The van der Waals surface area contributed by atoms with Crippen LogP contribution >= 0.6 is 0 Å². The van der Waals surface area contributed by atoms with Crippen molar-refractivity contribution in [2.75, 3.05) is 6.61 Å². The van der Waals surface area contributed by atoms with Gasteiger partial charge < -0.3 is 4.74 Å². The first-order chi connectivity index (χ1) is 7.22. The molecule has 2 aromatic rings. The van der Waals surface area contributed by atoms with Gasteiger partial charge in [-0.15, -0.1) is 0 Å². The lowest BCUT2D eigenvalue weighted by molar-refractivity contribution is 0.0519. The first kappa shape index (κ1) is 9.70. The molecule has 0 amide bonds. The molecule has 0 N–H and O–H groups in total. The minimum atomic E-state index is -0.402. The van der Waals surface area contributed by atoms with E-state index < -0.39 is 5.97 Å². The second kappa shape index (κ2) is 3.72. The number of hydrogen-bond acceptors (Lipinski definition) is 4. The van der Waals surface area contributed by atoms with Crippen molar-refractivity contribution in [1.29, 1.82) is 0 Å². The molecule has 6 heteroatoms. The molecule has 76 valence electrons. The predicted molar refractivity (Wildman–Crippen MR) is 57.1 cm³/mol. The second-order valence-corrected chi connectivity index (χ2v) is 3.13. The van der Waals surface area contributed by atoms with Gasteiger partial charge in [-0.25, -0.2) is 14.3 Å². The highest BCUT2D eigenvalue weighted by Crippen LogP contribution is 2.00. The zero-order valence-corrected chi connectivity index (χ0v) is 8.60. The molecule has 0 saturated carbocycles. The topological polar surface area (TPSA) is 56.5 Å². The molecule has 0 unspecified atom stereocenters. The van der Waals surface area contributed by atoms with E-state index in [-0.39, 0.29) is 0 Å². The second-order valence-electron chi connectivity index (χ2n) is 3.13. The van der Waals surface area contributed by atoms with Crippen molar-refractivity contribution < 1.29 is 9.53 Å². The Morgan fingerprint density at radius 2 is 2.47 bits per heavy atom. The van der Waals surface area contributed by atoms with Crippen molar-refractivity contribution in [3.63, 3.8) is 0 Å². The Kier molecular flexibility index (Phi) is 2.41. The molecule has 5 nitrogen and oxygen atoms in total. The number of carbonyl (C=O) groups is 1. The summed E-state index contributed by atoms with van der Waals surface area (Å²) in [4.78, 5) is 15.6. The Morgan fingerprint density at radius 1 is 1.67 bits per heavy atom. The highest BCUT2D eigenvalue weighted by Gasteiger charge is 2.10. The molecule has 0 aliphatic heterocycles. The standard InChI is InChI=1S/C9H10BN3O2/c1-2-15-9(14)7-3-4-13-8(12-7)6(10)5-11-13/h3-5H,2,10H2,1H3. The maximum Gasteiger partial charge on any atom is 0.357 e. The van der Waals surface area contributed by atoms with Crippen molar-refractivity contribution in [2.24, 2.45) is 0 Å². The fourth-order valence-corrected chi connectivity index (χ4v) is 1.30. The zero-order chi connectivity index (χ0) is 10.8. The normalized spacial score (nSPS) is 10.5. The third-order valence-electron chi connectivity index (χ3n) is 2.03. The molecule has 0 atom stereocenters. The van der Waals surface area contributed by atoms with E-state index in [1.807, 2.05) is 7.85 Å². The van der Waals surface area contributed by atoms with Gasteiger partial charge in [-0.3, -0.25) is 0 Å². The van der Waals surface area contributed by atoms with E-state index in [4.69, 9.17) is 4.74 Å². The van der Waals surface area contributed by atoms with Gasteiger partial charge in [0.05, 0.1) is 6.61 Å². The van der Waals surface area contributed by atoms with E-state index in [9.17, 15) is 4.79 Å². The van der Waals surface area contributed by atoms with Crippen LogP contribution in [0.5, 0.6) is 0 Å². The summed E-state index contributed by atoms with van der Waals surface area (Å²) in [7, 11) is 1.89. The molecule has 0 radical (unpaired) electrons.